The fraction of sp³-hybridized carbons (Fsp3) is 1.00. The molecule has 2 bridgehead atoms. The minimum absolute atomic E-state index is 0.0176. The summed E-state index contributed by atoms with van der Waals surface area (Å²) in [4.78, 5) is 0. The van der Waals surface area contributed by atoms with E-state index >= 15 is 0 Å². The van der Waals surface area contributed by atoms with Gasteiger partial charge in [-0.1, -0.05) is 6.92 Å². The number of fused-ring (bicyclic) bond motifs is 5. The lowest BCUT2D eigenvalue weighted by Crippen LogP contribution is -2.62. The third-order valence-corrected chi connectivity index (χ3v) is 10.6. The standard InChI is InChI=1S/C25H40O4/c1-21(2)26-14-18-19-7-6-16-12-17-13-24(16,23(19,5)9-8-20(18)28-21)10-11-25(17)15-27-22(3,4)29-25/h16-20H,6-15H2,1-5H3/t16-,17+,18-,19-,20+,23-,24-,25-/m0/s1. The molecule has 2 spiro atoms. The summed E-state index contributed by atoms with van der Waals surface area (Å²) in [6.45, 7) is 12.7. The van der Waals surface area contributed by atoms with Crippen LogP contribution in [0.1, 0.15) is 86.0 Å². The number of ether oxygens (including phenoxy) is 4. The molecule has 4 heteroatoms. The van der Waals surface area contributed by atoms with Crippen molar-refractivity contribution in [3.8, 4) is 0 Å². The number of rotatable bonds is 0. The predicted octanol–water partition coefficient (Wildman–Crippen LogP) is 5.29. The summed E-state index contributed by atoms with van der Waals surface area (Å²) in [5, 5.41) is 0. The van der Waals surface area contributed by atoms with Crippen LogP contribution in [0.5, 0.6) is 0 Å². The molecular formula is C25H40O4. The summed E-state index contributed by atoms with van der Waals surface area (Å²) in [5.74, 6) is 2.06. The molecule has 0 N–H and O–H groups in total. The van der Waals surface area contributed by atoms with Crippen LogP contribution in [0.3, 0.4) is 0 Å². The van der Waals surface area contributed by atoms with Gasteiger partial charge in [-0.05, 0) is 108 Å². The average Bonchev–Trinajstić information content (AvgIpc) is 3.14. The van der Waals surface area contributed by atoms with Gasteiger partial charge in [-0.25, -0.2) is 0 Å². The van der Waals surface area contributed by atoms with Gasteiger partial charge in [0.25, 0.3) is 0 Å². The van der Waals surface area contributed by atoms with Gasteiger partial charge in [-0.2, -0.15) is 0 Å². The van der Waals surface area contributed by atoms with Crippen LogP contribution in [0, 0.1) is 34.5 Å². The van der Waals surface area contributed by atoms with E-state index in [1.165, 1.54) is 51.4 Å². The van der Waals surface area contributed by atoms with E-state index in [0.717, 1.165) is 25.0 Å². The molecule has 2 aliphatic heterocycles. The van der Waals surface area contributed by atoms with E-state index in [9.17, 15) is 0 Å². The van der Waals surface area contributed by atoms with Crippen molar-refractivity contribution in [1.29, 1.82) is 0 Å². The van der Waals surface area contributed by atoms with E-state index < -0.39 is 11.6 Å². The van der Waals surface area contributed by atoms with Crippen molar-refractivity contribution in [1.82, 2.24) is 0 Å². The number of hydrogen-bond acceptors (Lipinski definition) is 4. The van der Waals surface area contributed by atoms with E-state index in [2.05, 4.69) is 34.6 Å². The van der Waals surface area contributed by atoms with Crippen LogP contribution in [0.15, 0.2) is 0 Å². The van der Waals surface area contributed by atoms with Crippen molar-refractivity contribution in [2.75, 3.05) is 13.2 Å². The highest BCUT2D eigenvalue weighted by atomic mass is 16.8. The highest BCUT2D eigenvalue weighted by Crippen LogP contribution is 2.75. The average molecular weight is 405 g/mol. The molecule has 0 aromatic carbocycles. The van der Waals surface area contributed by atoms with E-state index in [1.54, 1.807) is 0 Å². The van der Waals surface area contributed by atoms with Crippen LogP contribution in [0.25, 0.3) is 0 Å². The van der Waals surface area contributed by atoms with Crippen LogP contribution in [-0.2, 0) is 18.9 Å². The molecule has 4 saturated carbocycles. The summed E-state index contributed by atoms with van der Waals surface area (Å²) in [7, 11) is 0. The van der Waals surface area contributed by atoms with Crippen LogP contribution in [-0.4, -0.2) is 36.5 Å². The molecule has 2 saturated heterocycles. The topological polar surface area (TPSA) is 36.9 Å². The second kappa shape index (κ2) is 5.79. The fourth-order valence-electron chi connectivity index (χ4n) is 9.32. The Hall–Kier alpha value is -0.160. The second-order valence-corrected chi connectivity index (χ2v) is 12.5. The lowest BCUT2D eigenvalue weighted by molar-refractivity contribution is -0.324. The van der Waals surface area contributed by atoms with Crippen molar-refractivity contribution in [3.63, 3.8) is 0 Å². The molecule has 0 amide bonds. The zero-order valence-corrected chi connectivity index (χ0v) is 19.1. The SMILES string of the molecule is CC1(C)OC[C@@H]2[C@@H](CC[C@@]3(C)[C@H]2CC[C@H]2C[C@@H]4C[C@@]23CC[C@]42COC(C)(C)O2)O1. The minimum Gasteiger partial charge on any atom is -0.350 e. The third-order valence-electron chi connectivity index (χ3n) is 10.6. The van der Waals surface area contributed by atoms with Gasteiger partial charge >= 0.3 is 0 Å². The van der Waals surface area contributed by atoms with Crippen molar-refractivity contribution in [2.24, 2.45) is 34.5 Å². The Balaban J connectivity index is 1.30. The molecular weight excluding hydrogens is 364 g/mol. The molecule has 2 heterocycles. The summed E-state index contributed by atoms with van der Waals surface area (Å²) in [6.07, 6.45) is 10.9. The first kappa shape index (κ1) is 19.5. The molecule has 0 aromatic rings. The molecule has 0 radical (unpaired) electrons. The van der Waals surface area contributed by atoms with Crippen molar-refractivity contribution in [3.05, 3.63) is 0 Å². The molecule has 4 aliphatic carbocycles. The quantitative estimate of drug-likeness (QED) is 0.549. The van der Waals surface area contributed by atoms with Crippen molar-refractivity contribution in [2.45, 2.75) is 109 Å². The van der Waals surface area contributed by atoms with Crippen molar-refractivity contribution < 1.29 is 18.9 Å². The van der Waals surface area contributed by atoms with Gasteiger partial charge in [0.05, 0.1) is 24.9 Å². The zero-order valence-electron chi connectivity index (χ0n) is 19.1. The lowest BCUT2D eigenvalue weighted by Gasteiger charge is -2.65. The van der Waals surface area contributed by atoms with E-state index in [4.69, 9.17) is 18.9 Å². The molecule has 6 aliphatic rings. The van der Waals surface area contributed by atoms with Crippen molar-refractivity contribution >= 4 is 0 Å². The van der Waals surface area contributed by atoms with Gasteiger partial charge in [-0.3, -0.25) is 0 Å². The first-order chi connectivity index (χ1) is 13.6. The Labute approximate surface area is 176 Å². The van der Waals surface area contributed by atoms with Gasteiger partial charge in [0.1, 0.15) is 0 Å². The predicted molar refractivity (Wildman–Crippen MR) is 110 cm³/mol. The molecule has 4 nitrogen and oxygen atoms in total. The maximum atomic E-state index is 6.63. The van der Waals surface area contributed by atoms with Crippen LogP contribution < -0.4 is 0 Å². The smallest absolute Gasteiger partial charge is 0.163 e. The van der Waals surface area contributed by atoms with Crippen LogP contribution >= 0.6 is 0 Å². The molecule has 164 valence electrons. The summed E-state index contributed by atoms with van der Waals surface area (Å²) < 4.78 is 25.3. The summed E-state index contributed by atoms with van der Waals surface area (Å²) in [6, 6.07) is 0. The van der Waals surface area contributed by atoms with Crippen LogP contribution in [0.4, 0.5) is 0 Å². The number of hydrogen-bond donors (Lipinski definition) is 0. The van der Waals surface area contributed by atoms with Gasteiger partial charge in [0, 0.05) is 5.92 Å². The van der Waals surface area contributed by atoms with Gasteiger partial charge in [0.15, 0.2) is 11.6 Å². The van der Waals surface area contributed by atoms with Crippen LogP contribution in [0.2, 0.25) is 0 Å². The Morgan fingerprint density at radius 3 is 2.38 bits per heavy atom. The molecule has 6 fully saturated rings. The van der Waals surface area contributed by atoms with Gasteiger partial charge in [-0.15, -0.1) is 0 Å². The Kier molecular flexibility index (Phi) is 3.90. The maximum Gasteiger partial charge on any atom is 0.163 e. The van der Waals surface area contributed by atoms with E-state index in [0.29, 0.717) is 28.8 Å². The third kappa shape index (κ3) is 2.52. The Morgan fingerprint density at radius 2 is 1.62 bits per heavy atom. The maximum absolute atomic E-state index is 6.63. The molecule has 0 unspecified atom stereocenters. The van der Waals surface area contributed by atoms with E-state index in [1.807, 2.05) is 0 Å². The molecule has 0 aromatic heterocycles. The first-order valence-electron chi connectivity index (χ1n) is 12.2. The zero-order chi connectivity index (χ0) is 20.3. The minimum atomic E-state index is -0.410. The fourth-order valence-corrected chi connectivity index (χ4v) is 9.32. The normalized spacial score (nSPS) is 57.2. The van der Waals surface area contributed by atoms with E-state index in [-0.39, 0.29) is 5.60 Å². The Morgan fingerprint density at radius 1 is 0.793 bits per heavy atom. The largest absolute Gasteiger partial charge is 0.350 e. The van der Waals surface area contributed by atoms with Gasteiger partial charge < -0.3 is 18.9 Å². The first-order valence-corrected chi connectivity index (χ1v) is 12.2. The summed E-state index contributed by atoms with van der Waals surface area (Å²) >= 11 is 0. The summed E-state index contributed by atoms with van der Waals surface area (Å²) in [5.41, 5.74) is 0.909. The highest BCUT2D eigenvalue weighted by molar-refractivity contribution is 5.19. The highest BCUT2D eigenvalue weighted by Gasteiger charge is 2.70. The molecule has 6 rings (SSSR count). The lowest BCUT2D eigenvalue weighted by atomic mass is 9.41. The Bertz CT molecular complexity index is 703. The molecule has 29 heavy (non-hydrogen) atoms. The second-order valence-electron chi connectivity index (χ2n) is 12.5. The monoisotopic (exact) mass is 404 g/mol. The van der Waals surface area contributed by atoms with Gasteiger partial charge in [0.2, 0.25) is 0 Å². The molecule has 8 atom stereocenters.